The van der Waals surface area contributed by atoms with Crippen LogP contribution in [0.15, 0.2) is 103 Å². The quantitative estimate of drug-likeness (QED) is 0.163. The number of fused-ring (bicyclic) bond motifs is 11. The third-order valence-corrected chi connectivity index (χ3v) is 22.7. The Bertz CT molecular complexity index is 3850. The molecule has 6 aliphatic carbocycles. The highest BCUT2D eigenvalue weighted by Crippen LogP contribution is 2.60. The standard InChI is InChI=1S/C70H79BN2S/c1-63(2)24-26-65(5,6)49-36-44(20-22-47(49)63)72-56-40-52-51(67(9,10)28-29-68(52,11)12)39-55(56)71-60-46-38-53-54(70(14)32-30-69(53,13)31-33-70)41-59(46)74-62(60)73(45-21-23-48-50(37-45)66(7,8)27-25-64(48,3)4)58-35-43(34-57(72)61(58)71)42-18-16-15-17-19-42/h15-23,34-41H,24-33H2,1-14H3/i15D,16D,17D,18D,19D. The van der Waals surface area contributed by atoms with Gasteiger partial charge >= 0.3 is 0 Å². The third-order valence-electron chi connectivity index (χ3n) is 21.5. The van der Waals surface area contributed by atoms with E-state index in [1.807, 2.05) is 11.3 Å². The largest absolute Gasteiger partial charge is 0.311 e. The monoisotopic (exact) mass is 996 g/mol. The first-order valence-corrected chi connectivity index (χ1v) is 29.2. The number of anilines is 6. The summed E-state index contributed by atoms with van der Waals surface area (Å²) in [6.07, 6.45) is 11.5. The Hall–Kier alpha value is -5.06. The summed E-state index contributed by atoms with van der Waals surface area (Å²) >= 11 is 1.93. The zero-order valence-electron chi connectivity index (χ0n) is 51.9. The molecule has 74 heavy (non-hydrogen) atoms. The van der Waals surface area contributed by atoms with Gasteiger partial charge in [0.25, 0.3) is 6.71 Å². The highest BCUT2D eigenvalue weighted by molar-refractivity contribution is 7.26. The van der Waals surface area contributed by atoms with Crippen LogP contribution < -0.4 is 26.2 Å². The first kappa shape index (κ1) is 42.1. The van der Waals surface area contributed by atoms with E-state index in [1.54, 1.807) is 0 Å². The summed E-state index contributed by atoms with van der Waals surface area (Å²) in [7, 11) is 0. The molecule has 0 radical (unpaired) electrons. The van der Waals surface area contributed by atoms with E-state index in [1.165, 1.54) is 107 Å². The maximum absolute atomic E-state index is 9.64. The van der Waals surface area contributed by atoms with Gasteiger partial charge in [-0.2, -0.15) is 0 Å². The molecule has 0 N–H and O–H groups in total. The van der Waals surface area contributed by atoms with Crippen molar-refractivity contribution in [2.45, 2.75) is 204 Å². The second-order valence-electron chi connectivity index (χ2n) is 29.1. The van der Waals surface area contributed by atoms with E-state index in [-0.39, 0.29) is 85.8 Å². The lowest BCUT2D eigenvalue weighted by atomic mass is 9.33. The minimum Gasteiger partial charge on any atom is -0.311 e. The van der Waals surface area contributed by atoms with Gasteiger partial charge in [-0.1, -0.05) is 145 Å². The van der Waals surface area contributed by atoms with Crippen molar-refractivity contribution < 1.29 is 6.85 Å². The summed E-state index contributed by atoms with van der Waals surface area (Å²) < 4.78 is 47.6. The highest BCUT2D eigenvalue weighted by atomic mass is 32.1. The van der Waals surface area contributed by atoms with Gasteiger partial charge in [-0.25, -0.2) is 0 Å². The van der Waals surface area contributed by atoms with E-state index in [0.29, 0.717) is 5.56 Å². The molecule has 4 heteroatoms. The molecular weight excluding hydrogens is 912 g/mol. The Morgan fingerprint density at radius 2 is 0.851 bits per heavy atom. The first-order chi connectivity index (χ1) is 36.9. The van der Waals surface area contributed by atoms with E-state index < -0.39 is 0 Å². The third kappa shape index (κ3) is 6.48. The van der Waals surface area contributed by atoms with Crippen molar-refractivity contribution in [3.05, 3.63) is 148 Å². The van der Waals surface area contributed by atoms with Crippen molar-refractivity contribution >= 4 is 78.0 Å². The van der Waals surface area contributed by atoms with Crippen LogP contribution in [0.5, 0.6) is 0 Å². The van der Waals surface area contributed by atoms with Crippen LogP contribution in [-0.4, -0.2) is 6.71 Å². The lowest BCUT2D eigenvalue weighted by molar-refractivity contribution is 0.188. The van der Waals surface area contributed by atoms with Crippen LogP contribution in [0.2, 0.25) is 0 Å². The fourth-order valence-corrected chi connectivity index (χ4v) is 17.3. The van der Waals surface area contributed by atoms with E-state index in [4.69, 9.17) is 4.11 Å². The molecule has 1 fully saturated rings. The summed E-state index contributed by atoms with van der Waals surface area (Å²) in [4.78, 5) is 5.12. The van der Waals surface area contributed by atoms with Crippen LogP contribution in [0.1, 0.15) is 213 Å². The molecule has 2 aliphatic heterocycles. The number of benzene rings is 6. The summed E-state index contributed by atoms with van der Waals surface area (Å²) in [5.41, 5.74) is 21.7. The summed E-state index contributed by atoms with van der Waals surface area (Å²) in [6.45, 7) is 34.0. The lowest BCUT2D eigenvalue weighted by Gasteiger charge is -2.52. The molecule has 2 bridgehead atoms. The van der Waals surface area contributed by atoms with Gasteiger partial charge in [-0.05, 0) is 240 Å². The molecule has 0 spiro atoms. The zero-order valence-corrected chi connectivity index (χ0v) is 47.7. The topological polar surface area (TPSA) is 6.48 Å². The van der Waals surface area contributed by atoms with E-state index in [9.17, 15) is 2.74 Å². The molecule has 2 nitrogen and oxygen atoms in total. The Kier molecular flexibility index (Phi) is 8.48. The van der Waals surface area contributed by atoms with Crippen LogP contribution in [0.4, 0.5) is 33.4 Å². The van der Waals surface area contributed by atoms with Gasteiger partial charge in [-0.3, -0.25) is 0 Å². The summed E-state index contributed by atoms with van der Waals surface area (Å²) in [6, 6.07) is 28.1. The van der Waals surface area contributed by atoms with Crippen molar-refractivity contribution in [3.8, 4) is 11.1 Å². The van der Waals surface area contributed by atoms with E-state index >= 15 is 0 Å². The fourth-order valence-electron chi connectivity index (χ4n) is 16.0. The van der Waals surface area contributed by atoms with Crippen molar-refractivity contribution in [3.63, 3.8) is 0 Å². The normalized spacial score (nSPS) is 26.2. The predicted molar refractivity (Wildman–Crippen MR) is 320 cm³/mol. The van der Waals surface area contributed by atoms with Crippen molar-refractivity contribution in [2.75, 3.05) is 9.80 Å². The van der Waals surface area contributed by atoms with Gasteiger partial charge in [0, 0.05) is 33.1 Å². The van der Waals surface area contributed by atoms with Crippen LogP contribution in [0.3, 0.4) is 0 Å². The van der Waals surface area contributed by atoms with Gasteiger partial charge in [0.1, 0.15) is 0 Å². The lowest BCUT2D eigenvalue weighted by Crippen LogP contribution is -2.61. The van der Waals surface area contributed by atoms with Crippen LogP contribution in [0, 0.1) is 0 Å². The Balaban J connectivity index is 1.17. The van der Waals surface area contributed by atoms with Crippen LogP contribution >= 0.6 is 11.3 Å². The average molecular weight is 996 g/mol. The van der Waals surface area contributed by atoms with Gasteiger partial charge < -0.3 is 9.80 Å². The molecular formula is C70H79BN2S. The van der Waals surface area contributed by atoms with Gasteiger partial charge in [-0.15, -0.1) is 11.3 Å². The zero-order chi connectivity index (χ0) is 56.0. The number of thiophene rings is 1. The van der Waals surface area contributed by atoms with E-state index in [2.05, 4.69) is 180 Å². The number of hydrogen-bond acceptors (Lipinski definition) is 3. The Morgan fingerprint density at radius 3 is 1.38 bits per heavy atom. The van der Waals surface area contributed by atoms with Crippen molar-refractivity contribution in [1.29, 1.82) is 0 Å². The second kappa shape index (κ2) is 14.9. The minimum atomic E-state index is -0.376. The van der Waals surface area contributed by atoms with Gasteiger partial charge in [0.2, 0.25) is 0 Å². The molecule has 0 unspecified atom stereocenters. The highest BCUT2D eigenvalue weighted by Gasteiger charge is 2.52. The molecule has 0 saturated heterocycles. The predicted octanol–water partition coefficient (Wildman–Crippen LogP) is 17.8. The molecule has 1 aromatic heterocycles. The van der Waals surface area contributed by atoms with Crippen LogP contribution in [-0.2, 0) is 43.3 Å². The van der Waals surface area contributed by atoms with Crippen molar-refractivity contribution in [2.24, 2.45) is 0 Å². The van der Waals surface area contributed by atoms with Crippen LogP contribution in [0.25, 0.3) is 21.2 Å². The summed E-state index contributed by atoms with van der Waals surface area (Å²) in [5.74, 6) is 0. The maximum Gasteiger partial charge on any atom is 0.254 e. The fraction of sp³-hybridized carbons (Fsp3) is 0.457. The number of hydrogen-bond donors (Lipinski definition) is 0. The summed E-state index contributed by atoms with van der Waals surface area (Å²) in [5, 5.41) is 2.57. The SMILES string of the molecule is [2H]c1c([2H])c([2H])c(-c2cc3c4c(c2)N(c2ccc5c(c2)C(C)(C)CCC5(C)C)c2sc5cc6c(cc5c2B4c2cc4c(cc2N3c2ccc3c(c2)C(C)(C)CCC3(C)C)C(C)(C)CCC4(C)C)C2(C)CCC6(C)CC2)c([2H])c1[2H]. The maximum atomic E-state index is 9.64. The Labute approximate surface area is 455 Å². The molecule has 15 rings (SSSR count). The molecule has 0 amide bonds. The molecule has 378 valence electrons. The number of rotatable bonds is 3. The second-order valence-corrected chi connectivity index (χ2v) is 30.1. The number of nitrogens with zero attached hydrogens (tertiary/aromatic N) is 2. The van der Waals surface area contributed by atoms with Crippen molar-refractivity contribution in [1.82, 2.24) is 0 Å². The molecule has 3 heterocycles. The van der Waals surface area contributed by atoms with Gasteiger partial charge in [0.15, 0.2) is 0 Å². The molecule has 1 saturated carbocycles. The molecule has 6 aromatic carbocycles. The average Bonchev–Trinajstić information content (AvgIpc) is 3.17. The molecule has 0 atom stereocenters. The molecule has 8 aliphatic rings. The first-order valence-electron chi connectivity index (χ1n) is 30.8. The van der Waals surface area contributed by atoms with E-state index in [0.717, 1.165) is 61.3 Å². The smallest absolute Gasteiger partial charge is 0.254 e. The molecule has 7 aromatic rings. The minimum absolute atomic E-state index is 0.0196. The van der Waals surface area contributed by atoms with Gasteiger partial charge in [0.05, 0.1) is 11.9 Å². The Morgan fingerprint density at radius 1 is 0.405 bits per heavy atom.